The third-order valence-corrected chi connectivity index (χ3v) is 3.69. The lowest BCUT2D eigenvalue weighted by atomic mass is 10.1. The molecule has 2 rings (SSSR count). The molecule has 0 amide bonds. The number of hydrogen-bond acceptors (Lipinski definition) is 2. The molecule has 0 bridgehead atoms. The summed E-state index contributed by atoms with van der Waals surface area (Å²) in [7, 11) is 0. The quantitative estimate of drug-likeness (QED) is 0.900. The van der Waals surface area contributed by atoms with Crippen molar-refractivity contribution in [1.82, 2.24) is 10.2 Å². The van der Waals surface area contributed by atoms with E-state index in [9.17, 15) is 0 Å². The zero-order valence-electron chi connectivity index (χ0n) is 9.75. The molecular formula is C12H17Cl3N2. The van der Waals surface area contributed by atoms with Gasteiger partial charge in [-0.15, -0.1) is 12.4 Å². The minimum atomic E-state index is 0. The Morgan fingerprint density at radius 2 is 1.88 bits per heavy atom. The van der Waals surface area contributed by atoms with Crippen molar-refractivity contribution < 1.29 is 0 Å². The summed E-state index contributed by atoms with van der Waals surface area (Å²) >= 11 is 12.2. The molecule has 1 aromatic rings. The molecular weight excluding hydrogens is 279 g/mol. The molecule has 1 N–H and O–H groups in total. The van der Waals surface area contributed by atoms with Gasteiger partial charge in [-0.05, 0) is 30.7 Å². The Kier molecular flexibility index (Phi) is 6.04. The summed E-state index contributed by atoms with van der Waals surface area (Å²) in [5, 5.41) is 4.90. The molecule has 2 nitrogen and oxygen atoms in total. The minimum Gasteiger partial charge on any atom is -0.314 e. The van der Waals surface area contributed by atoms with Gasteiger partial charge in [0.15, 0.2) is 0 Å². The fraction of sp³-hybridized carbons (Fsp3) is 0.500. The van der Waals surface area contributed by atoms with Crippen molar-refractivity contribution in [1.29, 1.82) is 0 Å². The summed E-state index contributed by atoms with van der Waals surface area (Å²) in [5.74, 6) is 0. The van der Waals surface area contributed by atoms with Crippen LogP contribution in [0, 0.1) is 0 Å². The largest absolute Gasteiger partial charge is 0.314 e. The summed E-state index contributed by atoms with van der Waals surface area (Å²) in [4.78, 5) is 2.42. The van der Waals surface area contributed by atoms with Crippen molar-refractivity contribution in [3.05, 3.63) is 33.8 Å². The Morgan fingerprint density at radius 3 is 2.53 bits per heavy atom. The molecule has 0 saturated carbocycles. The molecule has 1 aliphatic heterocycles. The van der Waals surface area contributed by atoms with E-state index in [-0.39, 0.29) is 12.4 Å². The third kappa shape index (κ3) is 3.73. The highest BCUT2D eigenvalue weighted by molar-refractivity contribution is 6.33. The number of halogens is 3. The van der Waals surface area contributed by atoms with Gasteiger partial charge < -0.3 is 5.32 Å². The van der Waals surface area contributed by atoms with E-state index >= 15 is 0 Å². The van der Waals surface area contributed by atoms with Crippen LogP contribution in [0.5, 0.6) is 0 Å². The van der Waals surface area contributed by atoms with E-state index < -0.39 is 0 Å². The molecule has 0 radical (unpaired) electrons. The predicted molar refractivity (Wildman–Crippen MR) is 76.6 cm³/mol. The molecule has 1 saturated heterocycles. The molecule has 0 spiro atoms. The molecule has 0 aromatic heterocycles. The normalized spacial score (nSPS) is 18.5. The van der Waals surface area contributed by atoms with E-state index in [1.807, 2.05) is 18.2 Å². The maximum Gasteiger partial charge on any atom is 0.0454 e. The summed E-state index contributed by atoms with van der Waals surface area (Å²) in [6.45, 7) is 6.39. The van der Waals surface area contributed by atoms with Gasteiger partial charge in [0, 0.05) is 42.3 Å². The maximum absolute atomic E-state index is 6.21. The van der Waals surface area contributed by atoms with Crippen LogP contribution in [0.3, 0.4) is 0 Å². The SMILES string of the molecule is CC(c1cc(Cl)ccc1Cl)N1CCNCC1.Cl. The fourth-order valence-electron chi connectivity index (χ4n) is 2.10. The third-order valence-electron chi connectivity index (χ3n) is 3.11. The van der Waals surface area contributed by atoms with Crippen molar-refractivity contribution in [2.45, 2.75) is 13.0 Å². The van der Waals surface area contributed by atoms with Crippen LogP contribution in [-0.4, -0.2) is 31.1 Å². The first-order valence-electron chi connectivity index (χ1n) is 5.58. The number of hydrogen-bond donors (Lipinski definition) is 1. The number of nitrogens with one attached hydrogen (secondary N) is 1. The zero-order chi connectivity index (χ0) is 11.5. The van der Waals surface area contributed by atoms with Crippen LogP contribution in [-0.2, 0) is 0 Å². The number of nitrogens with zero attached hydrogens (tertiary/aromatic N) is 1. The Morgan fingerprint density at radius 1 is 1.24 bits per heavy atom. The number of piperazine rings is 1. The second-order valence-corrected chi connectivity index (χ2v) is 4.97. The van der Waals surface area contributed by atoms with Crippen LogP contribution >= 0.6 is 35.6 Å². The highest BCUT2D eigenvalue weighted by atomic mass is 35.5. The Balaban J connectivity index is 0.00000144. The Hall–Kier alpha value is 0.01000. The van der Waals surface area contributed by atoms with E-state index in [2.05, 4.69) is 17.1 Å². The van der Waals surface area contributed by atoms with Gasteiger partial charge in [-0.1, -0.05) is 23.2 Å². The van der Waals surface area contributed by atoms with Gasteiger partial charge >= 0.3 is 0 Å². The molecule has 0 aliphatic carbocycles. The van der Waals surface area contributed by atoms with Crippen molar-refractivity contribution in [2.24, 2.45) is 0 Å². The molecule has 1 aliphatic rings. The first-order valence-corrected chi connectivity index (χ1v) is 6.34. The van der Waals surface area contributed by atoms with Crippen LogP contribution in [0.2, 0.25) is 10.0 Å². The summed E-state index contributed by atoms with van der Waals surface area (Å²) in [6.07, 6.45) is 0. The molecule has 96 valence electrons. The molecule has 1 aromatic carbocycles. The molecule has 1 atom stereocenters. The smallest absolute Gasteiger partial charge is 0.0454 e. The van der Waals surface area contributed by atoms with Gasteiger partial charge in [0.25, 0.3) is 0 Å². The topological polar surface area (TPSA) is 15.3 Å². The molecule has 1 unspecified atom stereocenters. The first-order chi connectivity index (χ1) is 7.68. The second kappa shape index (κ2) is 6.81. The fourth-order valence-corrected chi connectivity index (χ4v) is 2.56. The standard InChI is InChI=1S/C12H16Cl2N2.ClH/c1-9(16-6-4-15-5-7-16)11-8-10(13)2-3-12(11)14;/h2-3,8-9,15H,4-7H2,1H3;1H. The van der Waals surface area contributed by atoms with E-state index in [1.165, 1.54) is 0 Å². The van der Waals surface area contributed by atoms with Crippen molar-refractivity contribution in [3.8, 4) is 0 Å². The van der Waals surface area contributed by atoms with Gasteiger partial charge in [0.2, 0.25) is 0 Å². The van der Waals surface area contributed by atoms with Gasteiger partial charge in [-0.2, -0.15) is 0 Å². The molecule has 1 heterocycles. The highest BCUT2D eigenvalue weighted by Crippen LogP contribution is 2.29. The number of benzene rings is 1. The van der Waals surface area contributed by atoms with Gasteiger partial charge in [0.1, 0.15) is 0 Å². The van der Waals surface area contributed by atoms with Gasteiger partial charge in [-0.3, -0.25) is 4.90 Å². The Bertz CT molecular complexity index is 365. The van der Waals surface area contributed by atoms with Crippen molar-refractivity contribution in [3.63, 3.8) is 0 Å². The zero-order valence-corrected chi connectivity index (χ0v) is 12.1. The van der Waals surface area contributed by atoms with E-state index in [0.717, 1.165) is 41.8 Å². The Labute approximate surface area is 119 Å². The molecule has 17 heavy (non-hydrogen) atoms. The van der Waals surface area contributed by atoms with Gasteiger partial charge in [0.05, 0.1) is 0 Å². The van der Waals surface area contributed by atoms with E-state index in [1.54, 1.807) is 0 Å². The summed E-state index contributed by atoms with van der Waals surface area (Å²) in [6, 6.07) is 6.00. The molecule has 5 heteroatoms. The number of rotatable bonds is 2. The minimum absolute atomic E-state index is 0. The predicted octanol–water partition coefficient (Wildman–Crippen LogP) is 3.38. The lowest BCUT2D eigenvalue weighted by molar-refractivity contribution is 0.185. The average Bonchev–Trinajstić information content (AvgIpc) is 2.32. The highest BCUT2D eigenvalue weighted by Gasteiger charge is 2.19. The summed E-state index contributed by atoms with van der Waals surface area (Å²) in [5.41, 5.74) is 1.12. The van der Waals surface area contributed by atoms with Crippen LogP contribution in [0.1, 0.15) is 18.5 Å². The monoisotopic (exact) mass is 294 g/mol. The van der Waals surface area contributed by atoms with E-state index in [0.29, 0.717) is 6.04 Å². The van der Waals surface area contributed by atoms with Crippen LogP contribution in [0.15, 0.2) is 18.2 Å². The average molecular weight is 296 g/mol. The van der Waals surface area contributed by atoms with Crippen molar-refractivity contribution in [2.75, 3.05) is 26.2 Å². The first kappa shape index (κ1) is 15.1. The van der Waals surface area contributed by atoms with E-state index in [4.69, 9.17) is 23.2 Å². The van der Waals surface area contributed by atoms with Crippen LogP contribution in [0.4, 0.5) is 0 Å². The lowest BCUT2D eigenvalue weighted by Crippen LogP contribution is -2.44. The maximum atomic E-state index is 6.21. The second-order valence-electron chi connectivity index (χ2n) is 4.13. The molecule has 1 fully saturated rings. The lowest BCUT2D eigenvalue weighted by Gasteiger charge is -2.33. The van der Waals surface area contributed by atoms with Crippen molar-refractivity contribution >= 4 is 35.6 Å². The van der Waals surface area contributed by atoms with Crippen LogP contribution < -0.4 is 5.32 Å². The van der Waals surface area contributed by atoms with Gasteiger partial charge in [-0.25, -0.2) is 0 Å². The summed E-state index contributed by atoms with van der Waals surface area (Å²) < 4.78 is 0. The van der Waals surface area contributed by atoms with Crippen LogP contribution in [0.25, 0.3) is 0 Å².